The second kappa shape index (κ2) is 10.1. The summed E-state index contributed by atoms with van der Waals surface area (Å²) in [7, 11) is 0. The third-order valence-corrected chi connectivity index (χ3v) is 6.67. The first-order valence-corrected chi connectivity index (χ1v) is 11.6. The maximum atomic E-state index is 9.86. The molecule has 2 aromatic carbocycles. The number of aryl methyl sites for hydroxylation is 1. The van der Waals surface area contributed by atoms with Crippen LogP contribution in [0.5, 0.6) is 0 Å². The Hall–Kier alpha value is -2.93. The van der Waals surface area contributed by atoms with Crippen molar-refractivity contribution in [3.05, 3.63) is 87.7 Å². The highest BCUT2D eigenvalue weighted by Gasteiger charge is 2.18. The monoisotopic (exact) mass is 441 g/mol. The van der Waals surface area contributed by atoms with Crippen LogP contribution >= 0.6 is 11.6 Å². The van der Waals surface area contributed by atoms with Crippen molar-refractivity contribution in [2.45, 2.75) is 45.7 Å². The SMILES string of the molecule is Cc1ccccc1-c1ccnc(/C=C/c2ccc(CN3CCCC[C@H]3C)cc2Cl)c1C#N. The summed E-state index contributed by atoms with van der Waals surface area (Å²) in [6.07, 6.45) is 9.45. The molecule has 1 aromatic heterocycles. The Labute approximate surface area is 196 Å². The van der Waals surface area contributed by atoms with Gasteiger partial charge in [-0.25, -0.2) is 0 Å². The van der Waals surface area contributed by atoms with E-state index in [4.69, 9.17) is 11.6 Å². The summed E-state index contributed by atoms with van der Waals surface area (Å²) in [6, 6.07) is 19.2. The van der Waals surface area contributed by atoms with E-state index in [9.17, 15) is 5.26 Å². The molecule has 0 spiro atoms. The average Bonchev–Trinajstić information content (AvgIpc) is 2.80. The van der Waals surface area contributed by atoms with Crippen LogP contribution in [0.3, 0.4) is 0 Å². The highest BCUT2D eigenvalue weighted by atomic mass is 35.5. The molecule has 1 aliphatic rings. The van der Waals surface area contributed by atoms with Crippen molar-refractivity contribution >= 4 is 23.8 Å². The minimum atomic E-state index is 0.574. The Balaban J connectivity index is 1.58. The van der Waals surface area contributed by atoms with Gasteiger partial charge in [-0.05, 0) is 73.7 Å². The number of rotatable bonds is 5. The summed E-state index contributed by atoms with van der Waals surface area (Å²) in [5.41, 5.74) is 6.47. The van der Waals surface area contributed by atoms with Crippen molar-refractivity contribution in [3.8, 4) is 17.2 Å². The molecule has 0 amide bonds. The van der Waals surface area contributed by atoms with E-state index in [0.29, 0.717) is 17.3 Å². The van der Waals surface area contributed by atoms with Crippen LogP contribution in [-0.4, -0.2) is 22.5 Å². The van der Waals surface area contributed by atoms with Crippen LogP contribution in [0, 0.1) is 18.3 Å². The van der Waals surface area contributed by atoms with Crippen molar-refractivity contribution in [2.75, 3.05) is 6.54 Å². The largest absolute Gasteiger partial charge is 0.296 e. The zero-order valence-corrected chi connectivity index (χ0v) is 19.4. The lowest BCUT2D eigenvalue weighted by Gasteiger charge is -2.33. The van der Waals surface area contributed by atoms with Crippen LogP contribution in [0.2, 0.25) is 5.02 Å². The molecule has 2 heterocycles. The van der Waals surface area contributed by atoms with Gasteiger partial charge >= 0.3 is 0 Å². The minimum Gasteiger partial charge on any atom is -0.296 e. The number of aromatic nitrogens is 1. The Morgan fingerprint density at radius 2 is 1.97 bits per heavy atom. The molecule has 1 atom stereocenters. The second-order valence-electron chi connectivity index (χ2n) is 8.55. The molecule has 1 aliphatic heterocycles. The van der Waals surface area contributed by atoms with Gasteiger partial charge in [0.1, 0.15) is 6.07 Å². The predicted octanol–water partition coefficient (Wildman–Crippen LogP) is 7.13. The van der Waals surface area contributed by atoms with E-state index >= 15 is 0 Å². The van der Waals surface area contributed by atoms with Crippen molar-refractivity contribution in [1.82, 2.24) is 9.88 Å². The van der Waals surface area contributed by atoms with Crippen LogP contribution in [0.1, 0.15) is 54.1 Å². The molecule has 0 aliphatic carbocycles. The summed E-state index contributed by atoms with van der Waals surface area (Å²) in [6.45, 7) is 6.45. The third kappa shape index (κ3) is 4.93. The lowest BCUT2D eigenvalue weighted by molar-refractivity contribution is 0.152. The zero-order chi connectivity index (χ0) is 22.5. The minimum absolute atomic E-state index is 0.574. The van der Waals surface area contributed by atoms with E-state index < -0.39 is 0 Å². The molecule has 1 fully saturated rings. The van der Waals surface area contributed by atoms with E-state index in [2.05, 4.69) is 54.1 Å². The second-order valence-corrected chi connectivity index (χ2v) is 8.96. The van der Waals surface area contributed by atoms with Crippen molar-refractivity contribution < 1.29 is 0 Å². The van der Waals surface area contributed by atoms with Gasteiger partial charge in [0.2, 0.25) is 0 Å². The first kappa shape index (κ1) is 22.3. The molecule has 4 heteroatoms. The Morgan fingerprint density at radius 1 is 1.12 bits per heavy atom. The topological polar surface area (TPSA) is 39.9 Å². The van der Waals surface area contributed by atoms with E-state index in [-0.39, 0.29) is 0 Å². The van der Waals surface area contributed by atoms with Gasteiger partial charge in [-0.2, -0.15) is 5.26 Å². The van der Waals surface area contributed by atoms with Crippen LogP contribution in [-0.2, 0) is 6.54 Å². The van der Waals surface area contributed by atoms with Gasteiger partial charge in [0.25, 0.3) is 0 Å². The van der Waals surface area contributed by atoms with Crippen LogP contribution < -0.4 is 0 Å². The maximum Gasteiger partial charge on any atom is 0.102 e. The molecule has 0 saturated carbocycles. The Bertz CT molecular complexity index is 1180. The molecule has 3 nitrogen and oxygen atoms in total. The van der Waals surface area contributed by atoms with Crippen LogP contribution in [0.4, 0.5) is 0 Å². The maximum absolute atomic E-state index is 9.86. The summed E-state index contributed by atoms with van der Waals surface area (Å²) in [5, 5.41) is 10.6. The molecule has 1 saturated heterocycles. The molecule has 0 N–H and O–H groups in total. The van der Waals surface area contributed by atoms with Crippen molar-refractivity contribution in [3.63, 3.8) is 0 Å². The zero-order valence-electron chi connectivity index (χ0n) is 18.7. The van der Waals surface area contributed by atoms with Gasteiger partial charge in [0, 0.05) is 29.4 Å². The predicted molar refractivity (Wildman–Crippen MR) is 133 cm³/mol. The van der Waals surface area contributed by atoms with Gasteiger partial charge < -0.3 is 0 Å². The molecule has 0 radical (unpaired) electrons. The first-order chi connectivity index (χ1) is 15.6. The van der Waals surface area contributed by atoms with Crippen molar-refractivity contribution in [1.29, 1.82) is 5.26 Å². The highest BCUT2D eigenvalue weighted by molar-refractivity contribution is 6.32. The van der Waals surface area contributed by atoms with Gasteiger partial charge in [-0.1, -0.05) is 60.5 Å². The lowest BCUT2D eigenvalue weighted by atomic mass is 9.96. The standard InChI is InChI=1S/C28H28ClN3/c1-20-7-3-4-9-24(20)25-14-15-31-28(26(25)18-30)13-12-23-11-10-22(17-27(23)29)19-32-16-6-5-8-21(32)2/h3-4,7,9-15,17,21H,5-6,8,16,19H2,1-2H3/b13-12+/t21-/m1/s1. The van der Waals surface area contributed by atoms with E-state index in [1.54, 1.807) is 6.20 Å². The average molecular weight is 442 g/mol. The Morgan fingerprint density at radius 3 is 2.72 bits per heavy atom. The molecule has 32 heavy (non-hydrogen) atoms. The molecule has 3 aromatic rings. The number of halogens is 1. The smallest absolute Gasteiger partial charge is 0.102 e. The number of nitriles is 1. The number of piperidine rings is 1. The summed E-state index contributed by atoms with van der Waals surface area (Å²) in [4.78, 5) is 6.99. The summed E-state index contributed by atoms with van der Waals surface area (Å²) >= 11 is 6.62. The molecule has 4 rings (SSSR count). The number of benzene rings is 2. The third-order valence-electron chi connectivity index (χ3n) is 6.34. The fourth-order valence-corrected chi connectivity index (χ4v) is 4.69. The van der Waals surface area contributed by atoms with Gasteiger partial charge in [-0.15, -0.1) is 0 Å². The fourth-order valence-electron chi connectivity index (χ4n) is 4.42. The Kier molecular flexibility index (Phi) is 7.05. The summed E-state index contributed by atoms with van der Waals surface area (Å²) < 4.78 is 0. The molecule has 0 bridgehead atoms. The van der Waals surface area contributed by atoms with Gasteiger partial charge in [0.05, 0.1) is 11.3 Å². The van der Waals surface area contributed by atoms with Crippen molar-refractivity contribution in [2.24, 2.45) is 0 Å². The van der Waals surface area contributed by atoms with E-state index in [1.165, 1.54) is 24.8 Å². The number of nitrogens with zero attached hydrogens (tertiary/aromatic N) is 3. The van der Waals surface area contributed by atoms with E-state index in [0.717, 1.165) is 40.4 Å². The lowest BCUT2D eigenvalue weighted by Crippen LogP contribution is -2.36. The highest BCUT2D eigenvalue weighted by Crippen LogP contribution is 2.29. The van der Waals surface area contributed by atoms with Gasteiger partial charge in [0.15, 0.2) is 0 Å². The molecular formula is C28H28ClN3. The normalized spacial score (nSPS) is 16.9. The quantitative estimate of drug-likeness (QED) is 0.422. The van der Waals surface area contributed by atoms with E-state index in [1.807, 2.05) is 36.4 Å². The number of likely N-dealkylation sites (tertiary alicyclic amines) is 1. The molecule has 0 unspecified atom stereocenters. The fraction of sp³-hybridized carbons (Fsp3) is 0.286. The summed E-state index contributed by atoms with van der Waals surface area (Å²) in [5.74, 6) is 0. The first-order valence-electron chi connectivity index (χ1n) is 11.2. The number of hydrogen-bond acceptors (Lipinski definition) is 3. The molecular weight excluding hydrogens is 414 g/mol. The number of pyridine rings is 1. The molecule has 162 valence electrons. The van der Waals surface area contributed by atoms with Gasteiger partial charge in [-0.3, -0.25) is 9.88 Å². The van der Waals surface area contributed by atoms with Crippen LogP contribution in [0.15, 0.2) is 54.7 Å². The number of hydrogen-bond donors (Lipinski definition) is 0. The van der Waals surface area contributed by atoms with Crippen LogP contribution in [0.25, 0.3) is 23.3 Å².